The average molecular weight is 270 g/mol. The summed E-state index contributed by atoms with van der Waals surface area (Å²) in [5.41, 5.74) is 2.60. The highest BCUT2D eigenvalue weighted by Crippen LogP contribution is 2.20. The molecule has 2 rings (SSSR count). The number of hydrogen-bond donors (Lipinski definition) is 1. The van der Waals surface area contributed by atoms with Crippen molar-refractivity contribution >= 4 is 11.2 Å². The fraction of sp³-hybridized carbons (Fsp3) is 0.400. The first-order chi connectivity index (χ1) is 9.49. The minimum Gasteiger partial charge on any atom is -0.476 e. The molecule has 1 N–H and O–H groups in total. The summed E-state index contributed by atoms with van der Waals surface area (Å²) in [6.45, 7) is 6.90. The van der Waals surface area contributed by atoms with Gasteiger partial charge in [0.15, 0.2) is 5.65 Å². The molecule has 0 aromatic carbocycles. The van der Waals surface area contributed by atoms with E-state index in [4.69, 9.17) is 10.00 Å². The van der Waals surface area contributed by atoms with E-state index in [0.29, 0.717) is 18.9 Å². The van der Waals surface area contributed by atoms with Crippen LogP contribution < -0.4 is 4.74 Å². The third-order valence-corrected chi connectivity index (χ3v) is 2.62. The van der Waals surface area contributed by atoms with Gasteiger partial charge in [-0.05, 0) is 11.8 Å². The predicted octanol–water partition coefficient (Wildman–Crippen LogP) is 3.01. The van der Waals surface area contributed by atoms with Gasteiger partial charge in [0.2, 0.25) is 5.88 Å². The van der Waals surface area contributed by atoms with Crippen LogP contribution in [0.1, 0.15) is 26.3 Å². The second kappa shape index (κ2) is 5.74. The average Bonchev–Trinajstić information content (AvgIpc) is 2.79. The smallest absolute Gasteiger partial charge is 0.233 e. The maximum Gasteiger partial charge on any atom is 0.233 e. The second-order valence-electron chi connectivity index (χ2n) is 5.80. The number of aromatic amines is 1. The molecule has 0 saturated heterocycles. The highest BCUT2D eigenvalue weighted by Gasteiger charge is 2.13. The lowest BCUT2D eigenvalue weighted by Crippen LogP contribution is -2.17. The minimum atomic E-state index is 0.0765. The first-order valence-electron chi connectivity index (χ1n) is 6.50. The Morgan fingerprint density at radius 3 is 2.95 bits per heavy atom. The summed E-state index contributed by atoms with van der Waals surface area (Å²) in [6, 6.07) is 1.98. The van der Waals surface area contributed by atoms with Crippen molar-refractivity contribution in [2.75, 3.05) is 6.61 Å². The van der Waals surface area contributed by atoms with Crippen LogP contribution in [0.2, 0.25) is 0 Å². The summed E-state index contributed by atoms with van der Waals surface area (Å²) in [6.07, 6.45) is 7.39. The number of hydrogen-bond acceptors (Lipinski definition) is 4. The molecule has 2 aromatic heterocycles. The number of fused-ring (bicyclic) bond motifs is 1. The maximum atomic E-state index is 8.51. The SMILES string of the molecule is CC(C)(C)COc1cnc2[nH]cc(C/C=C\C#N)c2n1. The van der Waals surface area contributed by atoms with Gasteiger partial charge in [-0.1, -0.05) is 26.8 Å². The van der Waals surface area contributed by atoms with E-state index in [2.05, 4.69) is 35.7 Å². The number of allylic oxidation sites excluding steroid dienone is 2. The second-order valence-corrected chi connectivity index (χ2v) is 5.80. The van der Waals surface area contributed by atoms with Crippen molar-refractivity contribution < 1.29 is 4.74 Å². The van der Waals surface area contributed by atoms with E-state index in [9.17, 15) is 0 Å². The zero-order chi connectivity index (χ0) is 14.6. The van der Waals surface area contributed by atoms with Crippen LogP contribution in [0, 0.1) is 16.7 Å². The molecule has 2 heterocycles. The highest BCUT2D eigenvalue weighted by molar-refractivity contribution is 5.75. The molecule has 0 unspecified atom stereocenters. The molecule has 2 aromatic rings. The lowest BCUT2D eigenvalue weighted by Gasteiger charge is -2.17. The number of ether oxygens (including phenoxy) is 1. The van der Waals surface area contributed by atoms with E-state index in [1.54, 1.807) is 12.3 Å². The van der Waals surface area contributed by atoms with Crippen LogP contribution in [-0.4, -0.2) is 21.6 Å². The lowest BCUT2D eigenvalue weighted by atomic mass is 9.99. The molecule has 0 aliphatic rings. The highest BCUT2D eigenvalue weighted by atomic mass is 16.5. The first-order valence-corrected chi connectivity index (χ1v) is 6.50. The number of nitrogens with zero attached hydrogens (tertiary/aromatic N) is 3. The van der Waals surface area contributed by atoms with Crippen molar-refractivity contribution in [3.8, 4) is 11.9 Å². The van der Waals surface area contributed by atoms with Gasteiger partial charge in [-0.15, -0.1) is 0 Å². The lowest BCUT2D eigenvalue weighted by molar-refractivity contribution is 0.191. The molecule has 0 aliphatic carbocycles. The molecule has 0 bridgehead atoms. The van der Waals surface area contributed by atoms with E-state index in [-0.39, 0.29) is 5.41 Å². The van der Waals surface area contributed by atoms with Gasteiger partial charge in [0.25, 0.3) is 0 Å². The van der Waals surface area contributed by atoms with E-state index in [1.165, 1.54) is 6.08 Å². The molecule has 0 atom stereocenters. The van der Waals surface area contributed by atoms with E-state index < -0.39 is 0 Å². The third kappa shape index (κ3) is 3.58. The Bertz CT molecular complexity index is 659. The van der Waals surface area contributed by atoms with Gasteiger partial charge in [-0.25, -0.2) is 9.97 Å². The fourth-order valence-electron chi connectivity index (χ4n) is 1.68. The summed E-state index contributed by atoms with van der Waals surface area (Å²) >= 11 is 0. The van der Waals surface area contributed by atoms with Crippen LogP contribution in [0.25, 0.3) is 11.2 Å². The molecular weight excluding hydrogens is 252 g/mol. The standard InChI is InChI=1S/C15H18N4O/c1-15(2,3)10-20-12-9-18-14-13(19-12)11(8-17-14)6-4-5-7-16/h4-5,8-9H,6,10H2,1-3H3,(H,17,18)/b5-4-. The number of aromatic nitrogens is 3. The van der Waals surface area contributed by atoms with Gasteiger partial charge in [-0.2, -0.15) is 5.26 Å². The van der Waals surface area contributed by atoms with Crippen LogP contribution in [0.5, 0.6) is 5.88 Å². The van der Waals surface area contributed by atoms with Crippen LogP contribution in [0.15, 0.2) is 24.5 Å². The molecule has 0 radical (unpaired) electrons. The molecule has 20 heavy (non-hydrogen) atoms. The normalized spacial score (nSPS) is 11.9. The Balaban J connectivity index is 2.21. The van der Waals surface area contributed by atoms with Crippen molar-refractivity contribution in [1.82, 2.24) is 15.0 Å². The quantitative estimate of drug-likeness (QED) is 0.866. The topological polar surface area (TPSA) is 74.6 Å². The molecular formula is C15H18N4O. The zero-order valence-electron chi connectivity index (χ0n) is 12.0. The van der Waals surface area contributed by atoms with Crippen molar-refractivity contribution in [3.63, 3.8) is 0 Å². The summed E-state index contributed by atoms with van der Waals surface area (Å²) in [5, 5.41) is 8.51. The summed E-state index contributed by atoms with van der Waals surface area (Å²) in [4.78, 5) is 11.9. The summed E-state index contributed by atoms with van der Waals surface area (Å²) < 4.78 is 5.67. The molecule has 0 saturated carbocycles. The van der Waals surface area contributed by atoms with E-state index in [0.717, 1.165) is 16.7 Å². The van der Waals surface area contributed by atoms with E-state index in [1.807, 2.05) is 12.3 Å². The molecule has 104 valence electrons. The number of nitriles is 1. The Hall–Kier alpha value is -2.35. The molecule has 0 amide bonds. The van der Waals surface area contributed by atoms with Crippen molar-refractivity contribution in [2.45, 2.75) is 27.2 Å². The molecule has 0 spiro atoms. The van der Waals surface area contributed by atoms with Gasteiger partial charge in [0.1, 0.15) is 5.52 Å². The van der Waals surface area contributed by atoms with E-state index >= 15 is 0 Å². The largest absolute Gasteiger partial charge is 0.476 e. The number of rotatable bonds is 4. The Kier molecular flexibility index (Phi) is 4.04. The third-order valence-electron chi connectivity index (χ3n) is 2.62. The van der Waals surface area contributed by atoms with Gasteiger partial charge in [0, 0.05) is 17.8 Å². The Morgan fingerprint density at radius 1 is 1.45 bits per heavy atom. The van der Waals surface area contributed by atoms with Crippen LogP contribution in [-0.2, 0) is 6.42 Å². The van der Waals surface area contributed by atoms with Gasteiger partial charge in [0.05, 0.1) is 18.9 Å². The zero-order valence-corrected chi connectivity index (χ0v) is 12.0. The Morgan fingerprint density at radius 2 is 2.25 bits per heavy atom. The predicted molar refractivity (Wildman–Crippen MR) is 77.3 cm³/mol. The Labute approximate surface area is 118 Å². The number of H-pyrrole nitrogens is 1. The fourth-order valence-corrected chi connectivity index (χ4v) is 1.68. The first kappa shape index (κ1) is 14.1. The minimum absolute atomic E-state index is 0.0765. The van der Waals surface area contributed by atoms with Crippen LogP contribution in [0.3, 0.4) is 0 Å². The van der Waals surface area contributed by atoms with Gasteiger partial charge in [-0.3, -0.25) is 0 Å². The molecule has 5 nitrogen and oxygen atoms in total. The van der Waals surface area contributed by atoms with Gasteiger partial charge < -0.3 is 9.72 Å². The monoisotopic (exact) mass is 270 g/mol. The molecule has 0 fully saturated rings. The molecule has 5 heteroatoms. The van der Waals surface area contributed by atoms with Crippen LogP contribution in [0.4, 0.5) is 0 Å². The van der Waals surface area contributed by atoms with Crippen molar-refractivity contribution in [3.05, 3.63) is 30.1 Å². The van der Waals surface area contributed by atoms with Gasteiger partial charge >= 0.3 is 0 Å². The molecule has 0 aliphatic heterocycles. The number of nitrogens with one attached hydrogen (secondary N) is 1. The van der Waals surface area contributed by atoms with Crippen molar-refractivity contribution in [2.24, 2.45) is 5.41 Å². The summed E-state index contributed by atoms with van der Waals surface area (Å²) in [7, 11) is 0. The van der Waals surface area contributed by atoms with Crippen LogP contribution >= 0.6 is 0 Å². The van der Waals surface area contributed by atoms with Crippen molar-refractivity contribution in [1.29, 1.82) is 5.26 Å². The summed E-state index contributed by atoms with van der Waals surface area (Å²) in [5.74, 6) is 0.525. The maximum absolute atomic E-state index is 8.51.